The molecular formula is C49H95NO8. The van der Waals surface area contributed by atoms with Crippen molar-refractivity contribution in [2.45, 2.75) is 287 Å². The van der Waals surface area contributed by atoms with Gasteiger partial charge in [-0.15, -0.1) is 0 Å². The summed E-state index contributed by atoms with van der Waals surface area (Å²) in [7, 11) is 0. The third-order valence-electron chi connectivity index (χ3n) is 12.4. The Morgan fingerprint density at radius 1 is 0.534 bits per heavy atom. The average Bonchev–Trinajstić information content (AvgIpc) is 3.22. The van der Waals surface area contributed by atoms with Crippen molar-refractivity contribution in [2.24, 2.45) is 0 Å². The molecule has 1 saturated heterocycles. The molecule has 0 aromatic rings. The molecule has 344 valence electrons. The molecule has 1 fully saturated rings. The van der Waals surface area contributed by atoms with Gasteiger partial charge in [-0.05, 0) is 19.3 Å². The van der Waals surface area contributed by atoms with E-state index in [0.717, 1.165) is 38.5 Å². The molecule has 0 aromatic heterocycles. The van der Waals surface area contributed by atoms with Gasteiger partial charge in [-0.25, -0.2) is 0 Å². The van der Waals surface area contributed by atoms with Gasteiger partial charge < -0.3 is 40.7 Å². The van der Waals surface area contributed by atoms with Crippen molar-refractivity contribution < 1.29 is 40.2 Å². The van der Waals surface area contributed by atoms with E-state index in [0.29, 0.717) is 6.42 Å². The third kappa shape index (κ3) is 27.7. The van der Waals surface area contributed by atoms with Crippen LogP contribution in [0.15, 0.2) is 12.2 Å². The highest BCUT2D eigenvalue weighted by Gasteiger charge is 2.48. The summed E-state index contributed by atoms with van der Waals surface area (Å²) < 4.78 is 5.59. The van der Waals surface area contributed by atoms with Gasteiger partial charge >= 0.3 is 0 Å². The molecule has 1 aliphatic rings. The van der Waals surface area contributed by atoms with Gasteiger partial charge in [0.15, 0.2) is 0 Å². The first-order valence-corrected chi connectivity index (χ1v) is 24.9. The van der Waals surface area contributed by atoms with Crippen molar-refractivity contribution in [3.8, 4) is 0 Å². The first-order chi connectivity index (χ1) is 28.3. The lowest BCUT2D eigenvalue weighted by atomic mass is 9.88. The lowest BCUT2D eigenvalue weighted by Crippen LogP contribution is -2.65. The molecule has 0 bridgehead atoms. The summed E-state index contributed by atoms with van der Waals surface area (Å²) in [4.78, 5) is 13.1. The summed E-state index contributed by atoms with van der Waals surface area (Å²) in [5, 5.41) is 66.1. The highest BCUT2D eigenvalue weighted by atomic mass is 16.6. The van der Waals surface area contributed by atoms with E-state index in [2.05, 4.69) is 19.2 Å². The van der Waals surface area contributed by atoms with Crippen molar-refractivity contribution in [3.05, 3.63) is 12.2 Å². The fraction of sp³-hybridized carbons (Fsp3) is 0.939. The molecule has 9 nitrogen and oxygen atoms in total. The standard InChI is InChI=1S/C49H95NO8/c1-3-5-7-9-11-13-15-17-18-19-20-21-22-23-24-25-27-29-31-33-35-37-39-43(53)50-44(46(55)49-48(57)47(56)45(54)42(40-51)58-49)41(52)38-36-34-32-30-28-26-16-14-12-10-8-6-4-2/h36,38,41-42,44-49,51-52,54-57H,3-35,37,39-40H2,1-2H3,(H,50,53)/b38-36+/t41-,42-,44-,45+,46?,47+,48-,49?/m1/s1. The van der Waals surface area contributed by atoms with Gasteiger partial charge in [-0.2, -0.15) is 0 Å². The van der Waals surface area contributed by atoms with Crippen LogP contribution in [-0.2, 0) is 9.53 Å². The first-order valence-electron chi connectivity index (χ1n) is 24.9. The smallest absolute Gasteiger partial charge is 0.220 e. The monoisotopic (exact) mass is 826 g/mol. The Bertz CT molecular complexity index is 934. The molecule has 2 unspecified atom stereocenters. The van der Waals surface area contributed by atoms with Crippen LogP contribution >= 0.6 is 0 Å². The molecule has 58 heavy (non-hydrogen) atoms. The molecule has 1 aliphatic heterocycles. The van der Waals surface area contributed by atoms with Gasteiger partial charge in [0.2, 0.25) is 5.91 Å². The Balaban J connectivity index is 2.31. The van der Waals surface area contributed by atoms with Crippen molar-refractivity contribution >= 4 is 5.91 Å². The van der Waals surface area contributed by atoms with E-state index in [1.807, 2.05) is 6.08 Å². The van der Waals surface area contributed by atoms with Crippen molar-refractivity contribution in [1.29, 1.82) is 0 Å². The maximum absolute atomic E-state index is 13.1. The SMILES string of the molecule is CCCCCCCCCCCCC/C=C/[C@@H](O)[C@@H](NC(=O)CCCCCCCCCCCCCCCCCCCCCCCC)C(O)C1O[C@H](CO)[C@H](O)[C@H](O)[C@H]1O. The predicted octanol–water partition coefficient (Wildman–Crippen LogP) is 10.3. The number of hydrogen-bond acceptors (Lipinski definition) is 8. The fourth-order valence-corrected chi connectivity index (χ4v) is 8.42. The zero-order valence-corrected chi connectivity index (χ0v) is 37.7. The molecule has 1 heterocycles. The second-order valence-corrected chi connectivity index (χ2v) is 17.8. The summed E-state index contributed by atoms with van der Waals surface area (Å²) in [6.07, 6.45) is 36.2. The van der Waals surface area contributed by atoms with Gasteiger partial charge in [-0.3, -0.25) is 4.79 Å². The maximum atomic E-state index is 13.1. The van der Waals surface area contributed by atoms with Crippen LogP contribution in [0.2, 0.25) is 0 Å². The molecule has 0 aliphatic carbocycles. The summed E-state index contributed by atoms with van der Waals surface area (Å²) in [5.41, 5.74) is 0. The van der Waals surface area contributed by atoms with E-state index in [9.17, 15) is 35.4 Å². The Morgan fingerprint density at radius 3 is 1.28 bits per heavy atom. The van der Waals surface area contributed by atoms with Crippen LogP contribution < -0.4 is 5.32 Å². The number of aliphatic hydroxyl groups excluding tert-OH is 6. The number of hydrogen-bond donors (Lipinski definition) is 7. The zero-order valence-electron chi connectivity index (χ0n) is 37.7. The maximum Gasteiger partial charge on any atom is 0.220 e. The molecule has 0 aromatic carbocycles. The van der Waals surface area contributed by atoms with Crippen LogP contribution in [0, 0.1) is 0 Å². The summed E-state index contributed by atoms with van der Waals surface area (Å²) >= 11 is 0. The third-order valence-corrected chi connectivity index (χ3v) is 12.4. The van der Waals surface area contributed by atoms with Gasteiger partial charge in [0.25, 0.3) is 0 Å². The van der Waals surface area contributed by atoms with Crippen LogP contribution in [0.3, 0.4) is 0 Å². The largest absolute Gasteiger partial charge is 0.394 e. The molecule has 9 heteroatoms. The second-order valence-electron chi connectivity index (χ2n) is 17.8. The highest BCUT2D eigenvalue weighted by Crippen LogP contribution is 2.26. The molecule has 1 rings (SSSR count). The van der Waals surface area contributed by atoms with Crippen LogP contribution in [-0.4, -0.2) is 91.9 Å². The first kappa shape index (κ1) is 54.9. The van der Waals surface area contributed by atoms with Crippen molar-refractivity contribution in [1.82, 2.24) is 5.32 Å². The van der Waals surface area contributed by atoms with Crippen LogP contribution in [0.1, 0.15) is 239 Å². The van der Waals surface area contributed by atoms with Crippen molar-refractivity contribution in [3.63, 3.8) is 0 Å². The fourth-order valence-electron chi connectivity index (χ4n) is 8.42. The summed E-state index contributed by atoms with van der Waals surface area (Å²) in [5.74, 6) is -0.320. The van der Waals surface area contributed by atoms with Gasteiger partial charge in [0.05, 0.1) is 18.8 Å². The minimum absolute atomic E-state index is 0.242. The van der Waals surface area contributed by atoms with Crippen molar-refractivity contribution in [2.75, 3.05) is 6.61 Å². The van der Waals surface area contributed by atoms with Crippen LogP contribution in [0.5, 0.6) is 0 Å². The number of rotatable bonds is 41. The number of carbonyl (C=O) groups is 1. The van der Waals surface area contributed by atoms with E-state index in [4.69, 9.17) is 4.74 Å². The zero-order chi connectivity index (χ0) is 42.5. The van der Waals surface area contributed by atoms with E-state index >= 15 is 0 Å². The second kappa shape index (κ2) is 38.8. The summed E-state index contributed by atoms with van der Waals surface area (Å²) in [6, 6.07) is -1.22. The minimum atomic E-state index is -1.68. The summed E-state index contributed by atoms with van der Waals surface area (Å²) in [6.45, 7) is 3.89. The number of nitrogens with one attached hydrogen (secondary N) is 1. The molecule has 7 N–H and O–H groups in total. The lowest BCUT2D eigenvalue weighted by Gasteiger charge is -2.43. The van der Waals surface area contributed by atoms with Gasteiger partial charge in [0.1, 0.15) is 36.6 Å². The Morgan fingerprint density at radius 2 is 0.897 bits per heavy atom. The number of amides is 1. The molecule has 0 spiro atoms. The number of unbranched alkanes of at least 4 members (excludes halogenated alkanes) is 32. The molecule has 8 atom stereocenters. The topological polar surface area (TPSA) is 160 Å². The van der Waals surface area contributed by atoms with Crippen LogP contribution in [0.25, 0.3) is 0 Å². The van der Waals surface area contributed by atoms with Gasteiger partial charge in [0, 0.05) is 6.42 Å². The molecule has 0 radical (unpaired) electrons. The highest BCUT2D eigenvalue weighted by molar-refractivity contribution is 5.76. The number of carbonyl (C=O) groups excluding carboxylic acids is 1. The molecular weight excluding hydrogens is 731 g/mol. The molecule has 0 saturated carbocycles. The van der Waals surface area contributed by atoms with E-state index in [1.54, 1.807) is 6.08 Å². The van der Waals surface area contributed by atoms with Crippen LogP contribution in [0.4, 0.5) is 0 Å². The average molecular weight is 826 g/mol. The Hall–Kier alpha value is -1.07. The van der Waals surface area contributed by atoms with E-state index in [-0.39, 0.29) is 12.3 Å². The Labute approximate surface area is 356 Å². The predicted molar refractivity (Wildman–Crippen MR) is 240 cm³/mol. The normalized spacial score (nSPS) is 21.4. The molecule has 1 amide bonds. The lowest BCUT2D eigenvalue weighted by molar-refractivity contribution is -0.253. The number of aliphatic hydroxyl groups is 6. The quantitative estimate of drug-likeness (QED) is 0.0237. The minimum Gasteiger partial charge on any atom is -0.394 e. The van der Waals surface area contributed by atoms with E-state index in [1.165, 1.54) is 173 Å². The van der Waals surface area contributed by atoms with E-state index < -0.39 is 55.4 Å². The van der Waals surface area contributed by atoms with Gasteiger partial charge in [-0.1, -0.05) is 225 Å². The Kier molecular flexibility index (Phi) is 36.8. The number of ether oxygens (including phenoxy) is 1. The number of allylic oxidation sites excluding steroid dienone is 1.